The van der Waals surface area contributed by atoms with Crippen LogP contribution in [-0.4, -0.2) is 55.1 Å². The fraction of sp³-hybridized carbons (Fsp3) is 0.529. The van der Waals surface area contributed by atoms with Crippen molar-refractivity contribution in [1.82, 2.24) is 10.2 Å². The number of imide groups is 2. The summed E-state index contributed by atoms with van der Waals surface area (Å²) in [7, 11) is 0. The Morgan fingerprint density at radius 3 is 2.80 bits per heavy atom. The van der Waals surface area contributed by atoms with Crippen molar-refractivity contribution in [3.8, 4) is 0 Å². The van der Waals surface area contributed by atoms with Gasteiger partial charge in [-0.25, -0.2) is 4.79 Å². The molecule has 0 bridgehead atoms. The van der Waals surface area contributed by atoms with E-state index in [0.29, 0.717) is 12.3 Å². The molecule has 25 heavy (non-hydrogen) atoms. The van der Waals surface area contributed by atoms with Crippen molar-refractivity contribution in [3.63, 3.8) is 0 Å². The summed E-state index contributed by atoms with van der Waals surface area (Å²) in [6.45, 7) is 3.77. The molecule has 0 spiro atoms. The van der Waals surface area contributed by atoms with Crippen LogP contribution >= 0.6 is 0 Å². The van der Waals surface area contributed by atoms with Gasteiger partial charge in [0.25, 0.3) is 0 Å². The van der Waals surface area contributed by atoms with E-state index in [9.17, 15) is 14.4 Å². The lowest BCUT2D eigenvalue weighted by atomic mass is 10.1. The Morgan fingerprint density at radius 1 is 1.28 bits per heavy atom. The molecule has 1 aromatic rings. The lowest BCUT2D eigenvalue weighted by molar-refractivity contribution is -0.903. The van der Waals surface area contributed by atoms with Gasteiger partial charge in [-0.05, 0) is 31.4 Å². The first-order valence-corrected chi connectivity index (χ1v) is 8.67. The predicted octanol–water partition coefficient (Wildman–Crippen LogP) is -0.386. The van der Waals surface area contributed by atoms with E-state index in [4.69, 9.17) is 4.42 Å². The van der Waals surface area contributed by atoms with Gasteiger partial charge in [0.15, 0.2) is 5.92 Å². The Kier molecular flexibility index (Phi) is 5.60. The number of likely N-dealkylation sites (tertiary alicyclic amines) is 1. The number of quaternary nitrogens is 1. The van der Waals surface area contributed by atoms with E-state index in [-0.39, 0.29) is 6.54 Å². The largest absolute Gasteiger partial charge is 0.467 e. The SMILES string of the molecule is O=C1NC(=O)N(Cc2ccco2)C(=O)[C@H]1C=NCC[NH+]1CCCCC1. The molecule has 134 valence electrons. The Hall–Kier alpha value is -2.48. The highest BCUT2D eigenvalue weighted by Gasteiger charge is 2.39. The van der Waals surface area contributed by atoms with Crippen LogP contribution in [0.15, 0.2) is 27.8 Å². The molecule has 2 aliphatic rings. The molecule has 2 fully saturated rings. The fourth-order valence-corrected chi connectivity index (χ4v) is 3.17. The number of hydrogen-bond donors (Lipinski definition) is 2. The maximum Gasteiger partial charge on any atom is 0.331 e. The van der Waals surface area contributed by atoms with Crippen molar-refractivity contribution >= 4 is 24.1 Å². The van der Waals surface area contributed by atoms with Crippen molar-refractivity contribution in [3.05, 3.63) is 24.2 Å². The minimum atomic E-state index is -1.07. The van der Waals surface area contributed by atoms with Crippen LogP contribution in [0, 0.1) is 5.92 Å². The molecule has 0 aliphatic carbocycles. The van der Waals surface area contributed by atoms with Crippen molar-refractivity contribution in [2.75, 3.05) is 26.2 Å². The van der Waals surface area contributed by atoms with Gasteiger partial charge in [0.2, 0.25) is 11.8 Å². The molecule has 3 rings (SSSR count). The molecule has 8 nitrogen and oxygen atoms in total. The van der Waals surface area contributed by atoms with Gasteiger partial charge in [-0.3, -0.25) is 24.8 Å². The van der Waals surface area contributed by atoms with Crippen LogP contribution < -0.4 is 10.2 Å². The van der Waals surface area contributed by atoms with Crippen molar-refractivity contribution in [2.45, 2.75) is 25.8 Å². The van der Waals surface area contributed by atoms with Crippen LogP contribution in [-0.2, 0) is 16.1 Å². The van der Waals surface area contributed by atoms with Gasteiger partial charge in [0.1, 0.15) is 5.76 Å². The van der Waals surface area contributed by atoms with Gasteiger partial charge in [-0.2, -0.15) is 0 Å². The second-order valence-corrected chi connectivity index (χ2v) is 6.39. The molecule has 3 heterocycles. The molecule has 2 aliphatic heterocycles. The van der Waals surface area contributed by atoms with Gasteiger partial charge in [0, 0.05) is 6.21 Å². The summed E-state index contributed by atoms with van der Waals surface area (Å²) in [6.07, 6.45) is 6.61. The standard InChI is InChI=1S/C17H22N4O4/c22-15-14(11-18-6-9-20-7-2-1-3-8-20)16(23)21(17(24)19-15)12-13-5-4-10-25-13/h4-5,10-11,14H,1-3,6-9,12H2,(H,19,22,24)/p+1/t14-/m0/s1. The van der Waals surface area contributed by atoms with E-state index < -0.39 is 23.8 Å². The predicted molar refractivity (Wildman–Crippen MR) is 89.1 cm³/mol. The van der Waals surface area contributed by atoms with E-state index >= 15 is 0 Å². The number of hydrogen-bond acceptors (Lipinski definition) is 5. The van der Waals surface area contributed by atoms with Crippen molar-refractivity contribution in [2.24, 2.45) is 10.9 Å². The van der Waals surface area contributed by atoms with Gasteiger partial charge in [0.05, 0.1) is 39.0 Å². The molecule has 0 aromatic carbocycles. The number of rotatable bonds is 6. The van der Waals surface area contributed by atoms with Crippen LogP contribution in [0.4, 0.5) is 4.79 Å². The molecule has 2 N–H and O–H groups in total. The summed E-state index contributed by atoms with van der Waals surface area (Å²) in [5.74, 6) is -1.79. The zero-order valence-electron chi connectivity index (χ0n) is 14.1. The number of carbonyl (C=O) groups excluding carboxylic acids is 3. The number of carbonyl (C=O) groups is 3. The molecule has 4 amide bonds. The van der Waals surface area contributed by atoms with Crippen LogP contribution in [0.1, 0.15) is 25.0 Å². The molecule has 0 radical (unpaired) electrons. The molecular weight excluding hydrogens is 324 g/mol. The summed E-state index contributed by atoms with van der Waals surface area (Å²) in [5, 5.41) is 2.20. The number of piperidine rings is 1. The summed E-state index contributed by atoms with van der Waals surface area (Å²) in [4.78, 5) is 43.1. The first-order valence-electron chi connectivity index (χ1n) is 8.67. The number of nitrogens with zero attached hydrogens (tertiary/aromatic N) is 2. The topological polar surface area (TPSA) is 96.4 Å². The van der Waals surface area contributed by atoms with Crippen molar-refractivity contribution < 1.29 is 23.7 Å². The normalized spacial score (nSPS) is 22.6. The van der Waals surface area contributed by atoms with Gasteiger partial charge < -0.3 is 9.32 Å². The number of barbiturate groups is 1. The third-order valence-electron chi connectivity index (χ3n) is 4.59. The second-order valence-electron chi connectivity index (χ2n) is 6.39. The summed E-state index contributed by atoms with van der Waals surface area (Å²) in [5.41, 5.74) is 0. The Bertz CT molecular complexity index is 650. The smallest absolute Gasteiger partial charge is 0.331 e. The molecule has 8 heteroatoms. The van der Waals surface area contributed by atoms with Crippen molar-refractivity contribution in [1.29, 1.82) is 0 Å². The van der Waals surface area contributed by atoms with E-state index in [0.717, 1.165) is 24.5 Å². The summed E-state index contributed by atoms with van der Waals surface area (Å²) < 4.78 is 5.17. The quantitative estimate of drug-likeness (QED) is 0.541. The number of furan rings is 1. The van der Waals surface area contributed by atoms with Gasteiger partial charge >= 0.3 is 6.03 Å². The molecular formula is C17H23N4O4+. The lowest BCUT2D eigenvalue weighted by Gasteiger charge is -2.27. The maximum absolute atomic E-state index is 12.5. The number of aliphatic imine (C=N–C) groups is 1. The number of nitrogens with one attached hydrogen (secondary N) is 2. The zero-order valence-corrected chi connectivity index (χ0v) is 14.1. The van der Waals surface area contributed by atoms with Crippen LogP contribution in [0.2, 0.25) is 0 Å². The van der Waals surface area contributed by atoms with Crippen LogP contribution in [0.3, 0.4) is 0 Å². The summed E-state index contributed by atoms with van der Waals surface area (Å²) >= 11 is 0. The third-order valence-corrected chi connectivity index (χ3v) is 4.59. The van der Waals surface area contributed by atoms with Crippen LogP contribution in [0.25, 0.3) is 0 Å². The molecule has 1 aromatic heterocycles. The minimum absolute atomic E-state index is 0.00673. The highest BCUT2D eigenvalue weighted by atomic mass is 16.3. The Balaban J connectivity index is 1.57. The Labute approximate surface area is 145 Å². The third kappa shape index (κ3) is 4.33. The summed E-state index contributed by atoms with van der Waals surface area (Å²) in [6, 6.07) is 2.62. The number of amides is 4. The highest BCUT2D eigenvalue weighted by molar-refractivity contribution is 6.23. The monoisotopic (exact) mass is 347 g/mol. The fourth-order valence-electron chi connectivity index (χ4n) is 3.17. The second kappa shape index (κ2) is 8.06. The van der Waals surface area contributed by atoms with E-state index in [2.05, 4.69) is 10.3 Å². The molecule has 1 atom stereocenters. The molecule has 2 saturated heterocycles. The average Bonchev–Trinajstić information content (AvgIpc) is 3.12. The Morgan fingerprint density at radius 2 is 2.08 bits per heavy atom. The average molecular weight is 347 g/mol. The van der Waals surface area contributed by atoms with Crippen LogP contribution in [0.5, 0.6) is 0 Å². The number of urea groups is 1. The highest BCUT2D eigenvalue weighted by Crippen LogP contribution is 2.13. The van der Waals surface area contributed by atoms with Gasteiger partial charge in [-0.15, -0.1) is 0 Å². The lowest BCUT2D eigenvalue weighted by Crippen LogP contribution is -3.13. The van der Waals surface area contributed by atoms with E-state index in [1.807, 2.05) is 0 Å². The first kappa shape index (κ1) is 17.3. The zero-order chi connectivity index (χ0) is 17.6. The minimum Gasteiger partial charge on any atom is -0.467 e. The molecule has 0 unspecified atom stereocenters. The van der Waals surface area contributed by atoms with E-state index in [1.165, 1.54) is 36.6 Å². The van der Waals surface area contributed by atoms with E-state index in [1.54, 1.807) is 12.1 Å². The molecule has 0 saturated carbocycles. The maximum atomic E-state index is 12.5. The first-order chi connectivity index (χ1) is 12.1. The van der Waals surface area contributed by atoms with Gasteiger partial charge in [-0.1, -0.05) is 0 Å².